The lowest BCUT2D eigenvalue weighted by Crippen LogP contribution is -2.29. The van der Waals surface area contributed by atoms with Gasteiger partial charge in [0.1, 0.15) is 5.75 Å². The molecule has 0 aliphatic rings. The minimum atomic E-state index is -0.133. The SMILES string of the molecule is O=C(COc1ccc(Cl)cc1)NCCCc1ccccn1. The summed E-state index contributed by atoms with van der Waals surface area (Å²) in [5, 5.41) is 3.46. The van der Waals surface area contributed by atoms with Crippen LogP contribution in [0.5, 0.6) is 5.75 Å². The summed E-state index contributed by atoms with van der Waals surface area (Å²) in [6, 6.07) is 12.7. The second-order valence-electron chi connectivity index (χ2n) is 4.52. The first-order valence-electron chi connectivity index (χ1n) is 6.79. The van der Waals surface area contributed by atoms with Crippen molar-refractivity contribution in [1.29, 1.82) is 0 Å². The first kappa shape index (κ1) is 15.3. The van der Waals surface area contributed by atoms with Gasteiger partial charge in [0.2, 0.25) is 0 Å². The molecule has 4 nitrogen and oxygen atoms in total. The van der Waals surface area contributed by atoms with Gasteiger partial charge in [0.05, 0.1) is 0 Å². The molecule has 21 heavy (non-hydrogen) atoms. The molecule has 2 aromatic rings. The Bertz CT molecular complexity index is 558. The maximum absolute atomic E-state index is 11.6. The molecule has 0 fully saturated rings. The molecule has 1 amide bonds. The van der Waals surface area contributed by atoms with Crippen molar-refractivity contribution in [3.8, 4) is 5.75 Å². The van der Waals surface area contributed by atoms with Gasteiger partial charge in [-0.25, -0.2) is 0 Å². The molecule has 5 heteroatoms. The third-order valence-electron chi connectivity index (χ3n) is 2.84. The fraction of sp³-hybridized carbons (Fsp3) is 0.250. The van der Waals surface area contributed by atoms with Gasteiger partial charge < -0.3 is 10.1 Å². The quantitative estimate of drug-likeness (QED) is 0.800. The Morgan fingerprint density at radius 1 is 1.19 bits per heavy atom. The van der Waals surface area contributed by atoms with Crippen molar-refractivity contribution in [3.05, 3.63) is 59.4 Å². The van der Waals surface area contributed by atoms with Gasteiger partial charge in [-0.1, -0.05) is 17.7 Å². The Labute approximate surface area is 129 Å². The molecule has 2 rings (SSSR count). The van der Waals surface area contributed by atoms with Gasteiger partial charge in [-0.2, -0.15) is 0 Å². The summed E-state index contributed by atoms with van der Waals surface area (Å²) in [5.41, 5.74) is 1.03. The normalized spacial score (nSPS) is 10.1. The van der Waals surface area contributed by atoms with Gasteiger partial charge in [-0.3, -0.25) is 9.78 Å². The number of carbonyl (C=O) groups is 1. The number of hydrogen-bond acceptors (Lipinski definition) is 3. The standard InChI is InChI=1S/C16H17ClN2O2/c17-13-6-8-15(9-7-13)21-12-16(20)19-11-3-5-14-4-1-2-10-18-14/h1-2,4,6-10H,3,5,11-12H2,(H,19,20). The number of aryl methyl sites for hydroxylation is 1. The second kappa shape index (κ2) is 8.27. The van der Waals surface area contributed by atoms with Crippen molar-refractivity contribution in [2.45, 2.75) is 12.8 Å². The molecule has 1 N–H and O–H groups in total. The predicted octanol–water partition coefficient (Wildman–Crippen LogP) is 2.86. The molecule has 0 unspecified atom stereocenters. The van der Waals surface area contributed by atoms with E-state index >= 15 is 0 Å². The van der Waals surface area contributed by atoms with Gasteiger partial charge in [-0.15, -0.1) is 0 Å². The maximum Gasteiger partial charge on any atom is 0.257 e. The smallest absolute Gasteiger partial charge is 0.257 e. The molecule has 0 atom stereocenters. The van der Waals surface area contributed by atoms with Crippen LogP contribution in [0.3, 0.4) is 0 Å². The van der Waals surface area contributed by atoms with Crippen LogP contribution in [0.25, 0.3) is 0 Å². The highest BCUT2D eigenvalue weighted by Crippen LogP contribution is 2.15. The molecule has 1 aromatic carbocycles. The van der Waals surface area contributed by atoms with E-state index in [2.05, 4.69) is 10.3 Å². The van der Waals surface area contributed by atoms with E-state index < -0.39 is 0 Å². The minimum Gasteiger partial charge on any atom is -0.484 e. The number of nitrogens with one attached hydrogen (secondary N) is 1. The van der Waals surface area contributed by atoms with E-state index in [0.29, 0.717) is 17.3 Å². The van der Waals surface area contributed by atoms with Gasteiger partial charge >= 0.3 is 0 Å². The summed E-state index contributed by atoms with van der Waals surface area (Å²) >= 11 is 5.77. The average Bonchev–Trinajstić information content (AvgIpc) is 2.52. The molecule has 1 aromatic heterocycles. The van der Waals surface area contributed by atoms with Crippen LogP contribution in [0.1, 0.15) is 12.1 Å². The van der Waals surface area contributed by atoms with Gasteiger partial charge in [-0.05, 0) is 49.2 Å². The first-order chi connectivity index (χ1) is 10.2. The lowest BCUT2D eigenvalue weighted by Gasteiger charge is -2.07. The van der Waals surface area contributed by atoms with Crippen LogP contribution in [0.4, 0.5) is 0 Å². The number of nitrogens with zero attached hydrogens (tertiary/aromatic N) is 1. The lowest BCUT2D eigenvalue weighted by atomic mass is 10.2. The van der Waals surface area contributed by atoms with E-state index in [4.69, 9.17) is 16.3 Å². The monoisotopic (exact) mass is 304 g/mol. The predicted molar refractivity (Wildman–Crippen MR) is 82.5 cm³/mol. The average molecular weight is 305 g/mol. The first-order valence-corrected chi connectivity index (χ1v) is 7.17. The summed E-state index contributed by atoms with van der Waals surface area (Å²) in [7, 11) is 0. The zero-order valence-electron chi connectivity index (χ0n) is 11.6. The molecule has 0 radical (unpaired) electrons. The van der Waals surface area contributed by atoms with Crippen LogP contribution in [0.2, 0.25) is 5.02 Å². The van der Waals surface area contributed by atoms with Crippen molar-refractivity contribution >= 4 is 17.5 Å². The van der Waals surface area contributed by atoms with E-state index in [1.165, 1.54) is 0 Å². The van der Waals surface area contributed by atoms with Crippen LogP contribution in [-0.2, 0) is 11.2 Å². The highest BCUT2D eigenvalue weighted by atomic mass is 35.5. The summed E-state index contributed by atoms with van der Waals surface area (Å²) in [6.45, 7) is 0.616. The number of amides is 1. The highest BCUT2D eigenvalue weighted by Gasteiger charge is 2.02. The zero-order chi connectivity index (χ0) is 14.9. The Balaban J connectivity index is 1.60. The third kappa shape index (κ3) is 5.83. The topological polar surface area (TPSA) is 51.2 Å². The molecule has 0 bridgehead atoms. The van der Waals surface area contributed by atoms with Crippen LogP contribution in [0, 0.1) is 0 Å². The van der Waals surface area contributed by atoms with Crippen molar-refractivity contribution < 1.29 is 9.53 Å². The van der Waals surface area contributed by atoms with Crippen molar-refractivity contribution in [1.82, 2.24) is 10.3 Å². The van der Waals surface area contributed by atoms with E-state index in [9.17, 15) is 4.79 Å². The van der Waals surface area contributed by atoms with Crippen LogP contribution < -0.4 is 10.1 Å². The number of rotatable bonds is 7. The molecule has 0 saturated heterocycles. The summed E-state index contributed by atoms with van der Waals surface area (Å²) < 4.78 is 5.36. The van der Waals surface area contributed by atoms with Crippen LogP contribution in [-0.4, -0.2) is 24.0 Å². The zero-order valence-corrected chi connectivity index (χ0v) is 12.3. The molecular formula is C16H17ClN2O2. The Hall–Kier alpha value is -2.07. The molecule has 0 aliphatic carbocycles. The minimum absolute atomic E-state index is 0.00518. The largest absolute Gasteiger partial charge is 0.484 e. The molecule has 0 saturated carbocycles. The lowest BCUT2D eigenvalue weighted by molar-refractivity contribution is -0.123. The van der Waals surface area contributed by atoms with Crippen LogP contribution in [0.15, 0.2) is 48.7 Å². The highest BCUT2D eigenvalue weighted by molar-refractivity contribution is 6.30. The second-order valence-corrected chi connectivity index (χ2v) is 4.95. The number of benzene rings is 1. The molecule has 0 aliphatic heterocycles. The number of halogens is 1. The molecule has 0 spiro atoms. The summed E-state index contributed by atoms with van der Waals surface area (Å²) in [5.74, 6) is 0.494. The van der Waals surface area contributed by atoms with E-state index in [1.54, 1.807) is 30.5 Å². The van der Waals surface area contributed by atoms with Gasteiger partial charge in [0.15, 0.2) is 6.61 Å². The van der Waals surface area contributed by atoms with Crippen molar-refractivity contribution in [2.24, 2.45) is 0 Å². The fourth-order valence-corrected chi connectivity index (χ4v) is 1.90. The van der Waals surface area contributed by atoms with Crippen LogP contribution >= 0.6 is 11.6 Å². The van der Waals surface area contributed by atoms with E-state index in [1.807, 2.05) is 18.2 Å². The van der Waals surface area contributed by atoms with Crippen molar-refractivity contribution in [3.63, 3.8) is 0 Å². The number of aromatic nitrogens is 1. The number of pyridine rings is 1. The number of carbonyl (C=O) groups excluding carboxylic acids is 1. The molecule has 110 valence electrons. The summed E-state index contributed by atoms with van der Waals surface area (Å²) in [6.07, 6.45) is 3.47. The Kier molecular flexibility index (Phi) is 6.03. The number of ether oxygens (including phenoxy) is 1. The Morgan fingerprint density at radius 3 is 2.71 bits per heavy atom. The third-order valence-corrected chi connectivity index (χ3v) is 3.09. The Morgan fingerprint density at radius 2 is 2.00 bits per heavy atom. The number of hydrogen-bond donors (Lipinski definition) is 1. The fourth-order valence-electron chi connectivity index (χ4n) is 1.77. The maximum atomic E-state index is 11.6. The molecule has 1 heterocycles. The van der Waals surface area contributed by atoms with E-state index in [0.717, 1.165) is 18.5 Å². The van der Waals surface area contributed by atoms with Crippen molar-refractivity contribution in [2.75, 3.05) is 13.2 Å². The van der Waals surface area contributed by atoms with Gasteiger partial charge in [0.25, 0.3) is 5.91 Å². The molecular weight excluding hydrogens is 288 g/mol. The summed E-state index contributed by atoms with van der Waals surface area (Å²) in [4.78, 5) is 15.8. The van der Waals surface area contributed by atoms with Gasteiger partial charge in [0, 0.05) is 23.5 Å². The van der Waals surface area contributed by atoms with E-state index in [-0.39, 0.29) is 12.5 Å².